The quantitative estimate of drug-likeness (QED) is 0.768. The maximum atomic E-state index is 4.19. The van der Waals surface area contributed by atoms with Crippen LogP contribution in [0.3, 0.4) is 0 Å². The minimum absolute atomic E-state index is 0.606. The Kier molecular flexibility index (Phi) is 4.21. The number of nitrogens with one attached hydrogen (secondary N) is 1. The molecule has 2 rings (SSSR count). The first-order valence-electron chi connectivity index (χ1n) is 6.92. The van der Waals surface area contributed by atoms with E-state index in [1.165, 1.54) is 44.2 Å². The summed E-state index contributed by atoms with van der Waals surface area (Å²) in [6.07, 6.45) is 12.2. The molecular formula is C14H25N3. The summed E-state index contributed by atoms with van der Waals surface area (Å²) in [6.45, 7) is 4.62. The fraction of sp³-hybridized carbons (Fsp3) is 0.786. The van der Waals surface area contributed by atoms with Crippen LogP contribution in [-0.2, 0) is 13.5 Å². The summed E-state index contributed by atoms with van der Waals surface area (Å²) >= 11 is 0. The Morgan fingerprint density at radius 2 is 2.18 bits per heavy atom. The molecular weight excluding hydrogens is 210 g/mol. The first-order valence-corrected chi connectivity index (χ1v) is 6.92. The number of hydrogen-bond donors (Lipinski definition) is 1. The zero-order chi connectivity index (χ0) is 12.1. The third-order valence-corrected chi connectivity index (χ3v) is 4.26. The molecule has 0 atom stereocenters. The summed E-state index contributed by atoms with van der Waals surface area (Å²) in [5, 5.41) is 7.83. The first kappa shape index (κ1) is 12.6. The van der Waals surface area contributed by atoms with Gasteiger partial charge < -0.3 is 5.32 Å². The molecule has 1 N–H and O–H groups in total. The van der Waals surface area contributed by atoms with Crippen LogP contribution < -0.4 is 5.32 Å². The molecule has 1 aromatic rings. The van der Waals surface area contributed by atoms with E-state index in [-0.39, 0.29) is 0 Å². The Labute approximate surface area is 105 Å². The van der Waals surface area contributed by atoms with Crippen LogP contribution in [0.25, 0.3) is 0 Å². The molecule has 1 aliphatic carbocycles. The molecule has 1 aromatic heterocycles. The van der Waals surface area contributed by atoms with E-state index >= 15 is 0 Å². The summed E-state index contributed by atoms with van der Waals surface area (Å²) in [6, 6.07) is 0. The topological polar surface area (TPSA) is 29.9 Å². The lowest BCUT2D eigenvalue weighted by Gasteiger charge is -2.27. The van der Waals surface area contributed by atoms with Crippen LogP contribution in [0.2, 0.25) is 0 Å². The van der Waals surface area contributed by atoms with Gasteiger partial charge in [-0.3, -0.25) is 4.68 Å². The lowest BCUT2D eigenvalue weighted by molar-refractivity contribution is 0.270. The van der Waals surface area contributed by atoms with Gasteiger partial charge in [-0.1, -0.05) is 19.8 Å². The summed E-state index contributed by atoms with van der Waals surface area (Å²) < 4.78 is 1.87. The molecule has 3 nitrogen and oxygen atoms in total. The molecule has 0 amide bonds. The SMILES string of the molecule is CCC1(CNCCc2cnn(C)c2)CCCC1. The number of hydrogen-bond acceptors (Lipinski definition) is 2. The van der Waals surface area contributed by atoms with Crippen LogP contribution in [0.5, 0.6) is 0 Å². The largest absolute Gasteiger partial charge is 0.316 e. The van der Waals surface area contributed by atoms with Gasteiger partial charge >= 0.3 is 0 Å². The number of aromatic nitrogens is 2. The third kappa shape index (κ3) is 3.32. The molecule has 1 heterocycles. The van der Waals surface area contributed by atoms with E-state index in [1.807, 2.05) is 17.9 Å². The maximum Gasteiger partial charge on any atom is 0.0522 e. The van der Waals surface area contributed by atoms with Crippen molar-refractivity contribution in [3.8, 4) is 0 Å². The molecule has 0 radical (unpaired) electrons. The minimum Gasteiger partial charge on any atom is -0.316 e. The van der Waals surface area contributed by atoms with Crippen molar-refractivity contribution in [2.45, 2.75) is 45.4 Å². The van der Waals surface area contributed by atoms with E-state index in [2.05, 4.69) is 23.5 Å². The van der Waals surface area contributed by atoms with Gasteiger partial charge in [-0.25, -0.2) is 0 Å². The minimum atomic E-state index is 0.606. The number of aryl methyl sites for hydroxylation is 1. The highest BCUT2D eigenvalue weighted by atomic mass is 15.2. The molecule has 17 heavy (non-hydrogen) atoms. The van der Waals surface area contributed by atoms with Crippen molar-refractivity contribution >= 4 is 0 Å². The molecule has 0 saturated heterocycles. The van der Waals surface area contributed by atoms with E-state index in [0.29, 0.717) is 5.41 Å². The van der Waals surface area contributed by atoms with Crippen LogP contribution in [-0.4, -0.2) is 22.9 Å². The molecule has 1 aliphatic rings. The van der Waals surface area contributed by atoms with Gasteiger partial charge in [-0.15, -0.1) is 0 Å². The van der Waals surface area contributed by atoms with Gasteiger partial charge in [0.05, 0.1) is 6.20 Å². The highest BCUT2D eigenvalue weighted by molar-refractivity contribution is 5.03. The fourth-order valence-electron chi connectivity index (χ4n) is 2.97. The Bertz CT molecular complexity index is 337. The van der Waals surface area contributed by atoms with Crippen molar-refractivity contribution in [3.05, 3.63) is 18.0 Å². The second kappa shape index (κ2) is 5.67. The molecule has 0 unspecified atom stereocenters. The summed E-state index contributed by atoms with van der Waals surface area (Å²) in [5.41, 5.74) is 1.94. The Balaban J connectivity index is 1.69. The Morgan fingerprint density at radius 3 is 2.76 bits per heavy atom. The Hall–Kier alpha value is -0.830. The molecule has 3 heteroatoms. The van der Waals surface area contributed by atoms with Gasteiger partial charge in [0, 0.05) is 19.8 Å². The third-order valence-electron chi connectivity index (χ3n) is 4.26. The molecule has 1 saturated carbocycles. The van der Waals surface area contributed by atoms with E-state index in [4.69, 9.17) is 0 Å². The highest BCUT2D eigenvalue weighted by Crippen LogP contribution is 2.40. The predicted molar refractivity (Wildman–Crippen MR) is 71.0 cm³/mol. The molecule has 96 valence electrons. The molecule has 0 spiro atoms. The van der Waals surface area contributed by atoms with Crippen molar-refractivity contribution in [1.29, 1.82) is 0 Å². The second-order valence-corrected chi connectivity index (χ2v) is 5.51. The van der Waals surface area contributed by atoms with Crippen LogP contribution >= 0.6 is 0 Å². The van der Waals surface area contributed by atoms with Crippen molar-refractivity contribution in [3.63, 3.8) is 0 Å². The van der Waals surface area contributed by atoms with E-state index in [1.54, 1.807) is 0 Å². The van der Waals surface area contributed by atoms with Crippen molar-refractivity contribution in [2.75, 3.05) is 13.1 Å². The molecule has 0 bridgehead atoms. The van der Waals surface area contributed by atoms with Gasteiger partial charge in [0.1, 0.15) is 0 Å². The number of nitrogens with zero attached hydrogens (tertiary/aromatic N) is 2. The highest BCUT2D eigenvalue weighted by Gasteiger charge is 2.31. The Morgan fingerprint density at radius 1 is 1.41 bits per heavy atom. The average molecular weight is 235 g/mol. The molecule has 1 fully saturated rings. The van der Waals surface area contributed by atoms with E-state index in [9.17, 15) is 0 Å². The van der Waals surface area contributed by atoms with Crippen molar-refractivity contribution in [2.24, 2.45) is 12.5 Å². The van der Waals surface area contributed by atoms with Gasteiger partial charge in [0.2, 0.25) is 0 Å². The maximum absolute atomic E-state index is 4.19. The fourth-order valence-corrected chi connectivity index (χ4v) is 2.97. The van der Waals surface area contributed by atoms with Crippen LogP contribution in [0.15, 0.2) is 12.4 Å². The summed E-state index contributed by atoms with van der Waals surface area (Å²) in [7, 11) is 1.97. The smallest absolute Gasteiger partial charge is 0.0522 e. The van der Waals surface area contributed by atoms with Gasteiger partial charge in [0.25, 0.3) is 0 Å². The van der Waals surface area contributed by atoms with Crippen LogP contribution in [0.1, 0.15) is 44.6 Å². The van der Waals surface area contributed by atoms with Gasteiger partial charge in [-0.05, 0) is 43.2 Å². The van der Waals surface area contributed by atoms with Gasteiger partial charge in [-0.2, -0.15) is 5.10 Å². The van der Waals surface area contributed by atoms with E-state index in [0.717, 1.165) is 13.0 Å². The monoisotopic (exact) mass is 235 g/mol. The van der Waals surface area contributed by atoms with Crippen LogP contribution in [0, 0.1) is 5.41 Å². The zero-order valence-electron chi connectivity index (χ0n) is 11.2. The first-order chi connectivity index (χ1) is 8.24. The van der Waals surface area contributed by atoms with Crippen LogP contribution in [0.4, 0.5) is 0 Å². The lowest BCUT2D eigenvalue weighted by atomic mass is 9.83. The zero-order valence-corrected chi connectivity index (χ0v) is 11.2. The molecule has 0 aromatic carbocycles. The average Bonchev–Trinajstić information content (AvgIpc) is 2.95. The standard InChI is InChI=1S/C14H25N3/c1-3-14(7-4-5-8-14)12-15-9-6-13-10-16-17(2)11-13/h10-11,15H,3-9,12H2,1-2H3. The van der Waals surface area contributed by atoms with Gasteiger partial charge in [0.15, 0.2) is 0 Å². The van der Waals surface area contributed by atoms with Crippen molar-refractivity contribution < 1.29 is 0 Å². The number of rotatable bonds is 6. The predicted octanol–water partition coefficient (Wildman–Crippen LogP) is 2.52. The molecule has 0 aliphatic heterocycles. The second-order valence-electron chi connectivity index (χ2n) is 5.51. The summed E-state index contributed by atoms with van der Waals surface area (Å²) in [4.78, 5) is 0. The lowest BCUT2D eigenvalue weighted by Crippen LogP contribution is -2.32. The van der Waals surface area contributed by atoms with E-state index < -0.39 is 0 Å². The normalized spacial score (nSPS) is 18.7. The summed E-state index contributed by atoms with van der Waals surface area (Å²) in [5.74, 6) is 0. The van der Waals surface area contributed by atoms with Crippen molar-refractivity contribution in [1.82, 2.24) is 15.1 Å².